The molecule has 0 aliphatic heterocycles. The molecule has 0 amide bonds. The number of fused-ring (bicyclic) bond motifs is 3. The maximum Gasteiger partial charge on any atom is 0.155 e. The van der Waals surface area contributed by atoms with Gasteiger partial charge < -0.3 is 0 Å². The Hall–Kier alpha value is -0.840. The molecular formula is C11H6BrCl2N3. The Morgan fingerprint density at radius 1 is 1.29 bits per heavy atom. The molecule has 6 heteroatoms. The number of imidazole rings is 1. The second-order valence-corrected chi connectivity index (χ2v) is 5.33. The normalized spacial score (nSPS) is 11.5. The average molecular weight is 331 g/mol. The van der Waals surface area contributed by atoms with E-state index in [9.17, 15) is 0 Å². The van der Waals surface area contributed by atoms with Crippen molar-refractivity contribution in [3.8, 4) is 0 Å². The zero-order valence-corrected chi connectivity index (χ0v) is 11.8. The summed E-state index contributed by atoms with van der Waals surface area (Å²) in [5, 5.41) is 1.04. The van der Waals surface area contributed by atoms with Crippen molar-refractivity contribution in [2.24, 2.45) is 0 Å². The molecule has 86 valence electrons. The lowest BCUT2D eigenvalue weighted by atomic mass is 10.3. The molecule has 0 radical (unpaired) electrons. The van der Waals surface area contributed by atoms with Crippen molar-refractivity contribution >= 4 is 55.7 Å². The second-order valence-electron chi connectivity index (χ2n) is 3.71. The summed E-state index contributed by atoms with van der Waals surface area (Å²) >= 11 is 15.6. The molecule has 0 spiro atoms. The molecule has 2 heterocycles. The van der Waals surface area contributed by atoms with Crippen molar-refractivity contribution in [1.29, 1.82) is 0 Å². The van der Waals surface area contributed by atoms with Crippen LogP contribution in [0.1, 0.15) is 5.69 Å². The number of hydrogen-bond acceptors (Lipinski definition) is 2. The summed E-state index contributed by atoms with van der Waals surface area (Å²) in [5.74, 6) is 0. The number of rotatable bonds is 0. The van der Waals surface area contributed by atoms with E-state index in [0.717, 1.165) is 26.7 Å². The fourth-order valence-electron chi connectivity index (χ4n) is 1.84. The van der Waals surface area contributed by atoms with Crippen LogP contribution in [0.15, 0.2) is 22.9 Å². The summed E-state index contributed by atoms with van der Waals surface area (Å²) in [5.41, 5.74) is 3.35. The van der Waals surface area contributed by atoms with Crippen molar-refractivity contribution in [2.75, 3.05) is 0 Å². The molecule has 0 aliphatic rings. The molecule has 17 heavy (non-hydrogen) atoms. The Labute approximate surface area is 116 Å². The average Bonchev–Trinajstić information content (AvgIpc) is 2.65. The van der Waals surface area contributed by atoms with E-state index in [1.165, 1.54) is 0 Å². The van der Waals surface area contributed by atoms with E-state index < -0.39 is 0 Å². The maximum absolute atomic E-state index is 6.15. The smallest absolute Gasteiger partial charge is 0.155 e. The number of benzene rings is 1. The predicted molar refractivity (Wildman–Crippen MR) is 73.0 cm³/mol. The molecule has 0 aliphatic carbocycles. The fourth-order valence-corrected chi connectivity index (χ4v) is 2.64. The van der Waals surface area contributed by atoms with Gasteiger partial charge in [0, 0.05) is 4.47 Å². The van der Waals surface area contributed by atoms with E-state index in [0.29, 0.717) is 10.2 Å². The number of halogens is 3. The van der Waals surface area contributed by atoms with E-state index in [1.54, 1.807) is 12.4 Å². The number of nitrogens with zero attached hydrogens (tertiary/aromatic N) is 3. The molecule has 1 aromatic carbocycles. The lowest BCUT2D eigenvalue weighted by Crippen LogP contribution is -1.92. The van der Waals surface area contributed by atoms with Crippen molar-refractivity contribution < 1.29 is 0 Å². The van der Waals surface area contributed by atoms with Crippen LogP contribution in [0.4, 0.5) is 0 Å². The third-order valence-electron chi connectivity index (χ3n) is 2.64. The second kappa shape index (κ2) is 3.83. The van der Waals surface area contributed by atoms with Crippen LogP contribution >= 0.6 is 39.1 Å². The van der Waals surface area contributed by atoms with Gasteiger partial charge in [-0.15, -0.1) is 0 Å². The molecule has 0 unspecified atom stereocenters. The summed E-state index contributed by atoms with van der Waals surface area (Å²) in [6.07, 6.45) is 1.74. The van der Waals surface area contributed by atoms with E-state index in [2.05, 4.69) is 25.9 Å². The van der Waals surface area contributed by atoms with Crippen LogP contribution in [0.5, 0.6) is 0 Å². The van der Waals surface area contributed by atoms with E-state index in [4.69, 9.17) is 23.2 Å². The number of hydrogen-bond donors (Lipinski definition) is 0. The SMILES string of the molecule is Cc1ncn2c1c(Cl)nc1cc(Cl)c(Br)cc12. The maximum atomic E-state index is 6.15. The van der Waals surface area contributed by atoms with E-state index >= 15 is 0 Å². The van der Waals surface area contributed by atoms with E-state index in [1.807, 2.05) is 17.4 Å². The minimum Gasteiger partial charge on any atom is -0.294 e. The van der Waals surface area contributed by atoms with Gasteiger partial charge in [-0.2, -0.15) is 0 Å². The number of aryl methyl sites for hydroxylation is 1. The molecule has 0 saturated heterocycles. The molecular weight excluding hydrogens is 325 g/mol. The molecule has 3 rings (SSSR count). The van der Waals surface area contributed by atoms with Gasteiger partial charge in [0.2, 0.25) is 0 Å². The highest BCUT2D eigenvalue weighted by atomic mass is 79.9. The Morgan fingerprint density at radius 2 is 2.06 bits per heavy atom. The van der Waals surface area contributed by atoms with Gasteiger partial charge in [0.1, 0.15) is 11.8 Å². The van der Waals surface area contributed by atoms with Crippen LogP contribution in [0.25, 0.3) is 16.6 Å². The van der Waals surface area contributed by atoms with Gasteiger partial charge >= 0.3 is 0 Å². The molecule has 0 atom stereocenters. The Morgan fingerprint density at radius 3 is 2.82 bits per heavy atom. The van der Waals surface area contributed by atoms with Crippen molar-refractivity contribution in [2.45, 2.75) is 6.92 Å². The largest absolute Gasteiger partial charge is 0.294 e. The highest BCUT2D eigenvalue weighted by molar-refractivity contribution is 9.10. The Bertz CT molecular complexity index is 751. The van der Waals surface area contributed by atoms with Crippen LogP contribution in [-0.4, -0.2) is 14.4 Å². The third-order valence-corrected chi connectivity index (χ3v) is 4.10. The van der Waals surface area contributed by atoms with Gasteiger partial charge in [-0.3, -0.25) is 4.40 Å². The summed E-state index contributed by atoms with van der Waals surface area (Å²) in [4.78, 5) is 8.59. The number of aromatic nitrogens is 3. The van der Waals surface area contributed by atoms with Crippen LogP contribution in [0, 0.1) is 6.92 Å². The third kappa shape index (κ3) is 1.63. The van der Waals surface area contributed by atoms with Crippen LogP contribution in [-0.2, 0) is 0 Å². The summed E-state index contributed by atoms with van der Waals surface area (Å²) < 4.78 is 2.74. The predicted octanol–water partition coefficient (Wildman–Crippen LogP) is 4.26. The van der Waals surface area contributed by atoms with Crippen molar-refractivity contribution in [3.63, 3.8) is 0 Å². The summed E-state index contributed by atoms with van der Waals surface area (Å²) in [6, 6.07) is 3.69. The fraction of sp³-hybridized carbons (Fsp3) is 0.0909. The van der Waals surface area contributed by atoms with Crippen molar-refractivity contribution in [3.05, 3.63) is 38.8 Å². The molecule has 3 aromatic rings. The summed E-state index contributed by atoms with van der Waals surface area (Å²) in [7, 11) is 0. The van der Waals surface area contributed by atoms with E-state index in [-0.39, 0.29) is 0 Å². The zero-order chi connectivity index (χ0) is 12.2. The van der Waals surface area contributed by atoms with Gasteiger partial charge in [-0.25, -0.2) is 9.97 Å². The van der Waals surface area contributed by atoms with Gasteiger partial charge in [0.25, 0.3) is 0 Å². The topological polar surface area (TPSA) is 30.2 Å². The minimum absolute atomic E-state index is 0.436. The summed E-state index contributed by atoms with van der Waals surface area (Å²) in [6.45, 7) is 1.90. The van der Waals surface area contributed by atoms with Crippen LogP contribution in [0.3, 0.4) is 0 Å². The highest BCUT2D eigenvalue weighted by Gasteiger charge is 2.11. The first-order valence-corrected chi connectivity index (χ1v) is 6.41. The first-order valence-electron chi connectivity index (χ1n) is 4.86. The molecule has 0 fully saturated rings. The molecule has 3 nitrogen and oxygen atoms in total. The quantitative estimate of drug-likeness (QED) is 0.616. The van der Waals surface area contributed by atoms with Gasteiger partial charge in [-0.1, -0.05) is 23.2 Å². The molecule has 0 saturated carbocycles. The van der Waals surface area contributed by atoms with Crippen LogP contribution in [0.2, 0.25) is 10.2 Å². The van der Waals surface area contributed by atoms with Gasteiger partial charge in [0.15, 0.2) is 5.15 Å². The zero-order valence-electron chi connectivity index (χ0n) is 8.71. The molecule has 2 aromatic heterocycles. The first kappa shape index (κ1) is 11.3. The van der Waals surface area contributed by atoms with Gasteiger partial charge in [-0.05, 0) is 35.0 Å². The highest BCUT2D eigenvalue weighted by Crippen LogP contribution is 2.30. The standard InChI is InChI=1S/C11H6BrCl2N3/c1-5-10-11(14)16-8-3-7(13)6(12)2-9(8)17(10)4-15-5/h2-4H,1H3. The van der Waals surface area contributed by atoms with Crippen molar-refractivity contribution in [1.82, 2.24) is 14.4 Å². The van der Waals surface area contributed by atoms with Crippen LogP contribution < -0.4 is 0 Å². The molecule has 0 N–H and O–H groups in total. The molecule has 0 bridgehead atoms. The lowest BCUT2D eigenvalue weighted by Gasteiger charge is -2.05. The monoisotopic (exact) mass is 329 g/mol. The Kier molecular flexibility index (Phi) is 2.54. The van der Waals surface area contributed by atoms with Gasteiger partial charge in [0.05, 0.1) is 21.7 Å². The lowest BCUT2D eigenvalue weighted by molar-refractivity contribution is 1.18. The first-order chi connectivity index (χ1) is 8.08. The minimum atomic E-state index is 0.436. The Balaban J connectivity index is 2.59.